The number of rotatable bonds is 1. The zero-order valence-electron chi connectivity index (χ0n) is 8.23. The van der Waals surface area contributed by atoms with Gasteiger partial charge in [-0.2, -0.15) is 0 Å². The summed E-state index contributed by atoms with van der Waals surface area (Å²) in [6.07, 6.45) is 8.07. The lowest BCUT2D eigenvalue weighted by Gasteiger charge is -2.28. The molecule has 2 nitrogen and oxygen atoms in total. The van der Waals surface area contributed by atoms with E-state index in [0.29, 0.717) is 6.42 Å². The van der Waals surface area contributed by atoms with Crippen molar-refractivity contribution in [3.05, 3.63) is 11.6 Å². The van der Waals surface area contributed by atoms with Crippen molar-refractivity contribution in [1.82, 2.24) is 5.32 Å². The SMILES string of the molecule is CC1(C2=CCCCC2)CNC(=O)C1. The summed E-state index contributed by atoms with van der Waals surface area (Å²) in [7, 11) is 0. The van der Waals surface area contributed by atoms with Crippen LogP contribution in [-0.2, 0) is 4.79 Å². The lowest BCUT2D eigenvalue weighted by Crippen LogP contribution is -2.23. The van der Waals surface area contributed by atoms with Crippen LogP contribution in [0.1, 0.15) is 39.0 Å². The Morgan fingerprint density at radius 3 is 2.85 bits per heavy atom. The summed E-state index contributed by atoms with van der Waals surface area (Å²) in [5, 5.41) is 2.93. The maximum Gasteiger partial charge on any atom is 0.220 e. The van der Waals surface area contributed by atoms with Crippen molar-refractivity contribution in [2.45, 2.75) is 39.0 Å². The Bertz CT molecular complexity index is 257. The molecule has 0 bridgehead atoms. The van der Waals surface area contributed by atoms with Crippen molar-refractivity contribution in [3.8, 4) is 0 Å². The van der Waals surface area contributed by atoms with Gasteiger partial charge in [0.05, 0.1) is 0 Å². The van der Waals surface area contributed by atoms with Gasteiger partial charge < -0.3 is 5.32 Å². The molecule has 0 radical (unpaired) electrons. The highest BCUT2D eigenvalue weighted by Crippen LogP contribution is 2.38. The number of nitrogens with one attached hydrogen (secondary N) is 1. The van der Waals surface area contributed by atoms with Gasteiger partial charge in [0.2, 0.25) is 5.91 Å². The maximum atomic E-state index is 11.2. The molecular weight excluding hydrogens is 162 g/mol. The molecule has 1 saturated heterocycles. The van der Waals surface area contributed by atoms with Crippen molar-refractivity contribution in [3.63, 3.8) is 0 Å². The third-order valence-electron chi connectivity index (χ3n) is 3.29. The zero-order valence-corrected chi connectivity index (χ0v) is 8.23. The highest BCUT2D eigenvalue weighted by Gasteiger charge is 2.36. The number of carbonyl (C=O) groups excluding carboxylic acids is 1. The van der Waals surface area contributed by atoms with Crippen LogP contribution in [0.15, 0.2) is 11.6 Å². The molecule has 2 aliphatic rings. The molecule has 1 fully saturated rings. The molecule has 1 N–H and O–H groups in total. The highest BCUT2D eigenvalue weighted by atomic mass is 16.1. The molecule has 1 heterocycles. The molecule has 0 aromatic rings. The first-order chi connectivity index (χ1) is 6.21. The molecule has 1 atom stereocenters. The fourth-order valence-electron chi connectivity index (χ4n) is 2.39. The first-order valence-electron chi connectivity index (χ1n) is 5.17. The van der Waals surface area contributed by atoms with Crippen LogP contribution in [0.25, 0.3) is 0 Å². The summed E-state index contributed by atoms with van der Waals surface area (Å²) < 4.78 is 0. The average Bonchev–Trinajstić information content (AvgIpc) is 2.49. The topological polar surface area (TPSA) is 29.1 Å². The van der Waals surface area contributed by atoms with E-state index < -0.39 is 0 Å². The molecule has 1 unspecified atom stereocenters. The van der Waals surface area contributed by atoms with Crippen molar-refractivity contribution in [2.75, 3.05) is 6.54 Å². The van der Waals surface area contributed by atoms with Gasteiger partial charge in [0.15, 0.2) is 0 Å². The van der Waals surface area contributed by atoms with Gasteiger partial charge in [-0.05, 0) is 25.7 Å². The second-order valence-corrected chi connectivity index (χ2v) is 4.49. The van der Waals surface area contributed by atoms with Gasteiger partial charge in [-0.1, -0.05) is 18.6 Å². The summed E-state index contributed by atoms with van der Waals surface area (Å²) in [5.41, 5.74) is 1.65. The second kappa shape index (κ2) is 3.17. The van der Waals surface area contributed by atoms with Crippen molar-refractivity contribution < 1.29 is 4.79 Å². The predicted octanol–water partition coefficient (Wildman–Crippen LogP) is 2.01. The van der Waals surface area contributed by atoms with Crippen molar-refractivity contribution >= 4 is 5.91 Å². The third kappa shape index (κ3) is 1.62. The Morgan fingerprint density at radius 2 is 2.31 bits per heavy atom. The summed E-state index contributed by atoms with van der Waals surface area (Å²) in [4.78, 5) is 11.2. The van der Waals surface area contributed by atoms with Crippen molar-refractivity contribution in [1.29, 1.82) is 0 Å². The fourth-order valence-corrected chi connectivity index (χ4v) is 2.39. The lowest BCUT2D eigenvalue weighted by atomic mass is 9.76. The van der Waals surface area contributed by atoms with Gasteiger partial charge in [-0.25, -0.2) is 0 Å². The predicted molar refractivity (Wildman–Crippen MR) is 52.3 cm³/mol. The first-order valence-corrected chi connectivity index (χ1v) is 5.17. The Hall–Kier alpha value is -0.790. The van der Waals surface area contributed by atoms with Crippen LogP contribution in [0, 0.1) is 5.41 Å². The zero-order chi connectivity index (χ0) is 9.31. The first kappa shape index (κ1) is 8.79. The van der Waals surface area contributed by atoms with Crippen LogP contribution < -0.4 is 5.32 Å². The quantitative estimate of drug-likeness (QED) is 0.613. The molecule has 0 saturated carbocycles. The van der Waals surface area contributed by atoms with Gasteiger partial charge in [-0.3, -0.25) is 4.79 Å². The minimum absolute atomic E-state index is 0.136. The summed E-state index contributed by atoms with van der Waals surface area (Å²) in [5.74, 6) is 0.217. The Labute approximate surface area is 79.4 Å². The van der Waals surface area contributed by atoms with E-state index in [-0.39, 0.29) is 11.3 Å². The smallest absolute Gasteiger partial charge is 0.220 e. The van der Waals surface area contributed by atoms with E-state index >= 15 is 0 Å². The van der Waals surface area contributed by atoms with E-state index in [4.69, 9.17) is 0 Å². The second-order valence-electron chi connectivity index (χ2n) is 4.49. The minimum atomic E-state index is 0.136. The monoisotopic (exact) mass is 179 g/mol. The summed E-state index contributed by atoms with van der Waals surface area (Å²) >= 11 is 0. The largest absolute Gasteiger partial charge is 0.355 e. The molecule has 0 aromatic heterocycles. The number of hydrogen-bond acceptors (Lipinski definition) is 1. The summed E-state index contributed by atoms with van der Waals surface area (Å²) in [6.45, 7) is 3.06. The van der Waals surface area contributed by atoms with Crippen LogP contribution >= 0.6 is 0 Å². The van der Waals surface area contributed by atoms with Gasteiger partial charge in [0.1, 0.15) is 0 Å². The van der Waals surface area contributed by atoms with E-state index in [1.54, 1.807) is 0 Å². The lowest BCUT2D eigenvalue weighted by molar-refractivity contribution is -0.119. The molecule has 72 valence electrons. The Kier molecular flexibility index (Phi) is 2.14. The maximum absolute atomic E-state index is 11.2. The standard InChI is InChI=1S/C11H17NO/c1-11(7-10(13)12-8-11)9-5-3-2-4-6-9/h5H,2-4,6-8H2,1H3,(H,12,13). The van der Waals surface area contributed by atoms with Crippen LogP contribution in [0.4, 0.5) is 0 Å². The molecular formula is C11H17NO. The molecule has 1 aliphatic carbocycles. The Balaban J connectivity index is 2.14. The van der Waals surface area contributed by atoms with Crippen molar-refractivity contribution in [2.24, 2.45) is 5.41 Å². The van der Waals surface area contributed by atoms with Gasteiger partial charge in [0.25, 0.3) is 0 Å². The van der Waals surface area contributed by atoms with E-state index in [1.165, 1.54) is 31.3 Å². The third-order valence-corrected chi connectivity index (χ3v) is 3.29. The van der Waals surface area contributed by atoms with Gasteiger partial charge in [-0.15, -0.1) is 0 Å². The van der Waals surface area contributed by atoms with Crippen LogP contribution in [0.5, 0.6) is 0 Å². The Morgan fingerprint density at radius 1 is 1.46 bits per heavy atom. The van der Waals surface area contributed by atoms with E-state index in [9.17, 15) is 4.79 Å². The fraction of sp³-hybridized carbons (Fsp3) is 0.727. The van der Waals surface area contributed by atoms with Gasteiger partial charge in [0, 0.05) is 18.4 Å². The van der Waals surface area contributed by atoms with E-state index in [2.05, 4.69) is 18.3 Å². The van der Waals surface area contributed by atoms with Crippen LogP contribution in [-0.4, -0.2) is 12.5 Å². The number of carbonyl (C=O) groups is 1. The molecule has 1 aliphatic heterocycles. The normalized spacial score (nSPS) is 34.2. The van der Waals surface area contributed by atoms with E-state index in [1.807, 2.05) is 0 Å². The molecule has 2 heteroatoms. The van der Waals surface area contributed by atoms with Crippen LogP contribution in [0.2, 0.25) is 0 Å². The highest BCUT2D eigenvalue weighted by molar-refractivity contribution is 5.79. The van der Waals surface area contributed by atoms with Crippen LogP contribution in [0.3, 0.4) is 0 Å². The molecule has 0 spiro atoms. The minimum Gasteiger partial charge on any atom is -0.355 e. The summed E-state index contributed by atoms with van der Waals surface area (Å²) in [6, 6.07) is 0. The number of allylic oxidation sites excluding steroid dienone is 1. The molecule has 0 aromatic carbocycles. The van der Waals surface area contributed by atoms with Gasteiger partial charge >= 0.3 is 0 Å². The molecule has 13 heavy (non-hydrogen) atoms. The number of amides is 1. The van der Waals surface area contributed by atoms with E-state index in [0.717, 1.165) is 6.54 Å². The molecule has 2 rings (SSSR count). The average molecular weight is 179 g/mol. The number of hydrogen-bond donors (Lipinski definition) is 1. The molecule has 1 amide bonds.